The quantitative estimate of drug-likeness (QED) is 0.501. The fraction of sp³-hybridized carbons (Fsp3) is 0.471. The summed E-state index contributed by atoms with van der Waals surface area (Å²) in [6, 6.07) is 5.70. The summed E-state index contributed by atoms with van der Waals surface area (Å²) >= 11 is 5.58. The molecule has 2 rings (SSSR count). The minimum atomic E-state index is -0.389. The lowest BCUT2D eigenvalue weighted by Crippen LogP contribution is -1.97. The van der Waals surface area contributed by atoms with E-state index in [9.17, 15) is 4.79 Å². The molecule has 1 heterocycles. The van der Waals surface area contributed by atoms with Crippen LogP contribution < -0.4 is 0 Å². The first-order valence-electron chi connectivity index (χ1n) is 7.42. The summed E-state index contributed by atoms with van der Waals surface area (Å²) in [5, 5.41) is 0.820. The van der Waals surface area contributed by atoms with Gasteiger partial charge < -0.3 is 4.57 Å². The number of unbranched alkanes of at least 4 members (excludes halogenated alkanes) is 4. The topological polar surface area (TPSA) is 22.0 Å². The molecule has 0 fully saturated rings. The molecule has 0 bridgehead atoms. The van der Waals surface area contributed by atoms with Crippen LogP contribution in [0.4, 0.5) is 0 Å². The smallest absolute Gasteiger partial charge is 0.252 e. The monoisotopic (exact) mass is 291 g/mol. The zero-order valence-corrected chi connectivity index (χ0v) is 13.0. The highest BCUT2D eigenvalue weighted by Crippen LogP contribution is 2.23. The van der Waals surface area contributed by atoms with Gasteiger partial charge in [0.15, 0.2) is 0 Å². The van der Waals surface area contributed by atoms with Crippen LogP contribution >= 0.6 is 11.6 Å². The Morgan fingerprint density at radius 3 is 2.65 bits per heavy atom. The van der Waals surface area contributed by atoms with Gasteiger partial charge in [-0.15, -0.1) is 0 Å². The number of benzene rings is 1. The summed E-state index contributed by atoms with van der Waals surface area (Å²) in [6.07, 6.45) is 8.51. The predicted octanol–water partition coefficient (Wildman–Crippen LogP) is 5.30. The third-order valence-corrected chi connectivity index (χ3v) is 4.03. The Labute approximate surface area is 125 Å². The molecule has 2 aromatic rings. The molecule has 0 saturated heterocycles. The zero-order chi connectivity index (χ0) is 14.5. The van der Waals surface area contributed by atoms with Gasteiger partial charge in [-0.3, -0.25) is 4.79 Å². The van der Waals surface area contributed by atoms with Crippen molar-refractivity contribution in [3.8, 4) is 0 Å². The number of halogens is 1. The number of aryl methyl sites for hydroxylation is 2. The molecular formula is C17H22ClNO. The molecule has 1 aromatic heterocycles. The van der Waals surface area contributed by atoms with E-state index < -0.39 is 0 Å². The van der Waals surface area contributed by atoms with Gasteiger partial charge in [-0.1, -0.05) is 38.7 Å². The van der Waals surface area contributed by atoms with Gasteiger partial charge in [-0.25, -0.2) is 0 Å². The first kappa shape index (κ1) is 15.1. The van der Waals surface area contributed by atoms with Crippen molar-refractivity contribution in [2.75, 3.05) is 0 Å². The second-order valence-corrected chi connectivity index (χ2v) is 5.77. The fourth-order valence-electron chi connectivity index (χ4n) is 2.67. The van der Waals surface area contributed by atoms with E-state index in [0.29, 0.717) is 5.56 Å². The minimum Gasteiger partial charge on any atom is -0.347 e. The Morgan fingerprint density at radius 2 is 1.95 bits per heavy atom. The number of rotatable bonds is 7. The lowest BCUT2D eigenvalue weighted by molar-refractivity contribution is 0.108. The normalized spacial score (nSPS) is 11.2. The first-order valence-corrected chi connectivity index (χ1v) is 7.80. The molecule has 3 heteroatoms. The molecule has 20 heavy (non-hydrogen) atoms. The lowest BCUT2D eigenvalue weighted by Gasteiger charge is -2.06. The Kier molecular flexibility index (Phi) is 5.24. The van der Waals surface area contributed by atoms with Crippen molar-refractivity contribution in [1.29, 1.82) is 0 Å². The van der Waals surface area contributed by atoms with E-state index in [1.165, 1.54) is 43.1 Å². The van der Waals surface area contributed by atoms with Crippen LogP contribution in [0.1, 0.15) is 54.9 Å². The molecule has 0 aliphatic heterocycles. The van der Waals surface area contributed by atoms with E-state index >= 15 is 0 Å². The van der Waals surface area contributed by atoms with Crippen molar-refractivity contribution in [1.82, 2.24) is 4.57 Å². The van der Waals surface area contributed by atoms with E-state index in [4.69, 9.17) is 11.6 Å². The molecule has 0 spiro atoms. The Morgan fingerprint density at radius 1 is 1.20 bits per heavy atom. The van der Waals surface area contributed by atoms with Crippen LogP contribution in [-0.2, 0) is 6.54 Å². The molecule has 0 aliphatic rings. The van der Waals surface area contributed by atoms with E-state index in [2.05, 4.69) is 24.6 Å². The lowest BCUT2D eigenvalue weighted by atomic mass is 10.1. The van der Waals surface area contributed by atoms with Gasteiger partial charge in [0, 0.05) is 29.2 Å². The van der Waals surface area contributed by atoms with Crippen molar-refractivity contribution in [2.45, 2.75) is 52.5 Å². The maximum absolute atomic E-state index is 11.3. The first-order chi connectivity index (χ1) is 9.63. The van der Waals surface area contributed by atoms with Gasteiger partial charge in [0.2, 0.25) is 0 Å². The summed E-state index contributed by atoms with van der Waals surface area (Å²) in [4.78, 5) is 11.3. The van der Waals surface area contributed by atoms with Crippen LogP contribution in [0.2, 0.25) is 0 Å². The number of hydrogen-bond donors (Lipinski definition) is 0. The maximum atomic E-state index is 11.3. The summed E-state index contributed by atoms with van der Waals surface area (Å²) in [5.41, 5.74) is 2.94. The molecule has 0 atom stereocenters. The number of aromatic nitrogens is 1. The van der Waals surface area contributed by atoms with E-state index in [0.717, 1.165) is 12.1 Å². The number of nitrogens with zero attached hydrogens (tertiary/aromatic N) is 1. The largest absolute Gasteiger partial charge is 0.347 e. The molecule has 2 nitrogen and oxygen atoms in total. The Balaban J connectivity index is 2.15. The summed E-state index contributed by atoms with van der Waals surface area (Å²) in [7, 11) is 0. The highest BCUT2D eigenvalue weighted by molar-refractivity contribution is 6.67. The van der Waals surface area contributed by atoms with Gasteiger partial charge in [0.1, 0.15) is 0 Å². The molecule has 0 aliphatic carbocycles. The van der Waals surface area contributed by atoms with E-state index in [-0.39, 0.29) is 5.24 Å². The third-order valence-electron chi connectivity index (χ3n) is 3.81. The van der Waals surface area contributed by atoms with Gasteiger partial charge in [-0.05, 0) is 42.6 Å². The second kappa shape index (κ2) is 6.94. The average Bonchev–Trinajstić information content (AvgIpc) is 2.75. The molecule has 0 unspecified atom stereocenters. The minimum absolute atomic E-state index is 0.389. The Bertz CT molecular complexity index is 600. The maximum Gasteiger partial charge on any atom is 0.252 e. The summed E-state index contributed by atoms with van der Waals surface area (Å²) in [5.74, 6) is 0. The van der Waals surface area contributed by atoms with Gasteiger partial charge in [-0.2, -0.15) is 0 Å². The molecular weight excluding hydrogens is 270 g/mol. The molecule has 0 radical (unpaired) electrons. The van der Waals surface area contributed by atoms with E-state index in [1.54, 1.807) is 6.07 Å². The zero-order valence-electron chi connectivity index (χ0n) is 12.3. The molecule has 0 saturated carbocycles. The van der Waals surface area contributed by atoms with Gasteiger partial charge >= 0.3 is 0 Å². The van der Waals surface area contributed by atoms with Crippen molar-refractivity contribution in [3.05, 3.63) is 35.5 Å². The predicted molar refractivity (Wildman–Crippen MR) is 85.6 cm³/mol. The van der Waals surface area contributed by atoms with Crippen molar-refractivity contribution in [2.24, 2.45) is 0 Å². The number of carbonyl (C=O) groups excluding carboxylic acids is 1. The number of hydrogen-bond acceptors (Lipinski definition) is 1. The van der Waals surface area contributed by atoms with Gasteiger partial charge in [0.05, 0.1) is 0 Å². The second-order valence-electron chi connectivity index (χ2n) is 5.43. The van der Waals surface area contributed by atoms with Crippen LogP contribution in [0, 0.1) is 6.92 Å². The van der Waals surface area contributed by atoms with Crippen molar-refractivity contribution < 1.29 is 4.79 Å². The fourth-order valence-corrected chi connectivity index (χ4v) is 2.79. The van der Waals surface area contributed by atoms with Crippen LogP contribution in [0.25, 0.3) is 10.9 Å². The van der Waals surface area contributed by atoms with Crippen LogP contribution in [0.5, 0.6) is 0 Å². The van der Waals surface area contributed by atoms with Crippen LogP contribution in [0.3, 0.4) is 0 Å². The highest BCUT2D eigenvalue weighted by Gasteiger charge is 2.09. The molecule has 0 amide bonds. The summed E-state index contributed by atoms with van der Waals surface area (Å²) in [6.45, 7) is 5.35. The number of fused-ring (bicyclic) bond motifs is 1. The average molecular weight is 292 g/mol. The standard InChI is InChI=1S/C17H22ClNO/c1-3-4-5-6-7-10-19-12-13(2)15-9-8-14(17(18)20)11-16(15)19/h8-9,11-12H,3-7,10H2,1-2H3. The number of carbonyl (C=O) groups is 1. The van der Waals surface area contributed by atoms with Crippen LogP contribution in [0.15, 0.2) is 24.4 Å². The van der Waals surface area contributed by atoms with Crippen molar-refractivity contribution >= 4 is 27.7 Å². The molecule has 108 valence electrons. The molecule has 1 aromatic carbocycles. The highest BCUT2D eigenvalue weighted by atomic mass is 35.5. The molecule has 0 N–H and O–H groups in total. The summed E-state index contributed by atoms with van der Waals surface area (Å²) < 4.78 is 2.25. The van der Waals surface area contributed by atoms with Crippen molar-refractivity contribution in [3.63, 3.8) is 0 Å². The van der Waals surface area contributed by atoms with Crippen LogP contribution in [-0.4, -0.2) is 9.81 Å². The van der Waals surface area contributed by atoms with Gasteiger partial charge in [0.25, 0.3) is 5.24 Å². The third kappa shape index (κ3) is 3.43. The van der Waals surface area contributed by atoms with E-state index in [1.807, 2.05) is 12.1 Å². The SMILES string of the molecule is CCCCCCCn1cc(C)c2ccc(C(=O)Cl)cc21. The Hall–Kier alpha value is -1.28.